The average molecular weight is 290 g/mol. The van der Waals surface area contributed by atoms with Gasteiger partial charge in [0.2, 0.25) is 0 Å². The molecule has 20 heavy (non-hydrogen) atoms. The summed E-state index contributed by atoms with van der Waals surface area (Å²) in [5, 5.41) is 9.30. The zero-order chi connectivity index (χ0) is 14.8. The summed E-state index contributed by atoms with van der Waals surface area (Å²) in [4.78, 5) is 15.8. The molecule has 0 amide bonds. The van der Waals surface area contributed by atoms with E-state index < -0.39 is 8.07 Å². The van der Waals surface area contributed by atoms with Gasteiger partial charge in [-0.3, -0.25) is 0 Å². The Labute approximate surface area is 118 Å². The van der Waals surface area contributed by atoms with Crippen LogP contribution in [0.1, 0.15) is 17.3 Å². The molecule has 0 spiro atoms. The third kappa shape index (κ3) is 3.10. The third-order valence-electron chi connectivity index (χ3n) is 2.76. The van der Waals surface area contributed by atoms with Crippen molar-refractivity contribution in [2.24, 2.45) is 0 Å². The highest BCUT2D eigenvalue weighted by Gasteiger charge is 2.21. The molecule has 0 fully saturated rings. The second kappa shape index (κ2) is 5.54. The summed E-state index contributed by atoms with van der Waals surface area (Å²) < 4.78 is 6.54. The van der Waals surface area contributed by atoms with Crippen molar-refractivity contribution in [2.75, 3.05) is 6.61 Å². The molecule has 0 aliphatic carbocycles. The Morgan fingerprint density at radius 3 is 2.60 bits per heavy atom. The molecule has 0 unspecified atom stereocenters. The van der Waals surface area contributed by atoms with E-state index in [-0.39, 0.29) is 5.97 Å². The highest BCUT2D eigenvalue weighted by molar-refractivity contribution is 6.88. The molecular weight excluding hydrogens is 272 g/mol. The van der Waals surface area contributed by atoms with E-state index in [1.807, 2.05) is 6.20 Å². The van der Waals surface area contributed by atoms with E-state index in [1.54, 1.807) is 23.7 Å². The lowest BCUT2D eigenvalue weighted by molar-refractivity contribution is 0.0526. The van der Waals surface area contributed by atoms with Crippen LogP contribution in [0.2, 0.25) is 19.6 Å². The third-order valence-corrected chi connectivity index (χ3v) is 4.52. The highest BCUT2D eigenvalue weighted by atomic mass is 28.3. The number of carbonyl (C=O) groups excluding carboxylic acids is 1. The van der Waals surface area contributed by atoms with Crippen LogP contribution in [-0.4, -0.2) is 40.6 Å². The van der Waals surface area contributed by atoms with Crippen LogP contribution in [-0.2, 0) is 4.74 Å². The molecule has 106 valence electrons. The minimum atomic E-state index is -1.48. The van der Waals surface area contributed by atoms with E-state index in [0.29, 0.717) is 18.0 Å². The van der Waals surface area contributed by atoms with Crippen molar-refractivity contribution < 1.29 is 9.53 Å². The number of esters is 1. The van der Waals surface area contributed by atoms with Gasteiger partial charge < -0.3 is 4.74 Å². The highest BCUT2D eigenvalue weighted by Crippen LogP contribution is 2.06. The Balaban J connectivity index is 2.22. The molecule has 0 aliphatic heterocycles. The number of aromatic nitrogens is 4. The van der Waals surface area contributed by atoms with E-state index in [9.17, 15) is 4.79 Å². The first-order valence-electron chi connectivity index (χ1n) is 6.48. The zero-order valence-electron chi connectivity index (χ0n) is 12.1. The van der Waals surface area contributed by atoms with Crippen LogP contribution in [0.15, 0.2) is 24.5 Å². The van der Waals surface area contributed by atoms with Crippen LogP contribution in [0.4, 0.5) is 0 Å². The number of hydrogen-bond donors (Lipinski definition) is 0. The molecule has 0 atom stereocenters. The fourth-order valence-electron chi connectivity index (χ4n) is 1.58. The summed E-state index contributed by atoms with van der Waals surface area (Å²) in [5.74, 6) is 0.267. The Bertz CT molecular complexity index is 602. The molecule has 0 saturated heterocycles. The van der Waals surface area contributed by atoms with Gasteiger partial charge in [0.05, 0.1) is 23.7 Å². The minimum absolute atomic E-state index is 0.350. The molecule has 0 saturated carbocycles. The number of rotatable bonds is 4. The second-order valence-corrected chi connectivity index (χ2v) is 10.4. The molecule has 6 nitrogen and oxygen atoms in total. The predicted octanol–water partition coefficient (Wildman–Crippen LogP) is 1.38. The quantitative estimate of drug-likeness (QED) is 0.628. The fraction of sp³-hybridized carbons (Fsp3) is 0.385. The number of hydrogen-bond acceptors (Lipinski definition) is 5. The van der Waals surface area contributed by atoms with Crippen molar-refractivity contribution in [1.82, 2.24) is 20.0 Å². The maximum absolute atomic E-state index is 11.5. The monoisotopic (exact) mass is 290 g/mol. The van der Waals surface area contributed by atoms with Crippen molar-refractivity contribution in [2.45, 2.75) is 26.6 Å². The van der Waals surface area contributed by atoms with E-state index >= 15 is 0 Å². The van der Waals surface area contributed by atoms with Gasteiger partial charge in [0.15, 0.2) is 5.82 Å². The molecule has 7 heteroatoms. The fourth-order valence-corrected chi connectivity index (χ4v) is 2.43. The van der Waals surface area contributed by atoms with Crippen LogP contribution in [0.25, 0.3) is 5.82 Å². The van der Waals surface area contributed by atoms with Crippen LogP contribution in [0.5, 0.6) is 0 Å². The van der Waals surface area contributed by atoms with Gasteiger partial charge in [0.25, 0.3) is 0 Å². The number of carbonyl (C=O) groups is 1. The Kier molecular flexibility index (Phi) is 3.98. The Morgan fingerprint density at radius 2 is 2.10 bits per heavy atom. The van der Waals surface area contributed by atoms with Crippen molar-refractivity contribution >= 4 is 19.4 Å². The lowest BCUT2D eigenvalue weighted by Crippen LogP contribution is -2.38. The Hall–Kier alpha value is -2.02. The van der Waals surface area contributed by atoms with Gasteiger partial charge in [-0.05, 0) is 19.1 Å². The smallest absolute Gasteiger partial charge is 0.339 e. The number of nitrogens with zero attached hydrogens (tertiary/aromatic N) is 4. The molecule has 2 aromatic heterocycles. The van der Waals surface area contributed by atoms with Crippen LogP contribution >= 0.6 is 0 Å². The first kappa shape index (κ1) is 14.4. The number of pyridine rings is 1. The minimum Gasteiger partial charge on any atom is -0.462 e. The van der Waals surface area contributed by atoms with Crippen molar-refractivity contribution in [3.63, 3.8) is 0 Å². The molecule has 0 aliphatic rings. The van der Waals surface area contributed by atoms with Crippen molar-refractivity contribution in [1.29, 1.82) is 0 Å². The van der Waals surface area contributed by atoms with Crippen LogP contribution < -0.4 is 5.32 Å². The van der Waals surface area contributed by atoms with E-state index in [0.717, 1.165) is 5.32 Å². The van der Waals surface area contributed by atoms with Gasteiger partial charge in [-0.1, -0.05) is 24.9 Å². The molecular formula is C13H18N4O2Si. The SMILES string of the molecule is CCOC(=O)c1ccc(-n2cc([Si](C)(C)C)nn2)nc1. The maximum Gasteiger partial charge on any atom is 0.339 e. The van der Waals surface area contributed by atoms with E-state index in [4.69, 9.17) is 4.74 Å². The van der Waals surface area contributed by atoms with Gasteiger partial charge in [0.1, 0.15) is 8.07 Å². The van der Waals surface area contributed by atoms with Gasteiger partial charge >= 0.3 is 5.97 Å². The summed E-state index contributed by atoms with van der Waals surface area (Å²) in [6.07, 6.45) is 3.39. The summed E-state index contributed by atoms with van der Waals surface area (Å²) in [7, 11) is -1.48. The molecule has 2 rings (SSSR count). The molecule has 0 radical (unpaired) electrons. The summed E-state index contributed by atoms with van der Waals surface area (Å²) in [5.41, 5.74) is 0.432. The van der Waals surface area contributed by atoms with Crippen LogP contribution in [0, 0.1) is 0 Å². The molecule has 0 aromatic carbocycles. The summed E-state index contributed by atoms with van der Waals surface area (Å²) >= 11 is 0. The second-order valence-electron chi connectivity index (χ2n) is 5.42. The first-order valence-corrected chi connectivity index (χ1v) is 9.98. The van der Waals surface area contributed by atoms with Gasteiger partial charge in [-0.15, -0.1) is 5.10 Å². The lowest BCUT2D eigenvalue weighted by Gasteiger charge is -2.09. The standard InChI is InChI=1S/C13H18N4O2Si/c1-5-19-13(18)10-6-7-11(14-8-10)17-9-12(15-16-17)20(2,3)4/h6-9H,5H2,1-4H3. The van der Waals surface area contributed by atoms with Gasteiger partial charge in [0, 0.05) is 6.20 Å². The predicted molar refractivity (Wildman–Crippen MR) is 78.1 cm³/mol. The molecule has 2 aromatic rings. The topological polar surface area (TPSA) is 69.9 Å². The average Bonchev–Trinajstić information content (AvgIpc) is 2.89. The normalized spacial score (nSPS) is 11.4. The lowest BCUT2D eigenvalue weighted by atomic mass is 10.3. The van der Waals surface area contributed by atoms with Gasteiger partial charge in [-0.2, -0.15) is 0 Å². The Morgan fingerprint density at radius 1 is 1.35 bits per heavy atom. The zero-order valence-corrected chi connectivity index (χ0v) is 13.1. The number of ether oxygens (including phenoxy) is 1. The largest absolute Gasteiger partial charge is 0.462 e. The van der Waals surface area contributed by atoms with Crippen LogP contribution in [0.3, 0.4) is 0 Å². The van der Waals surface area contributed by atoms with Crippen molar-refractivity contribution in [3.8, 4) is 5.82 Å². The molecule has 0 bridgehead atoms. The molecule has 2 heterocycles. The van der Waals surface area contributed by atoms with E-state index in [1.165, 1.54) is 6.20 Å². The van der Waals surface area contributed by atoms with Gasteiger partial charge in [-0.25, -0.2) is 14.5 Å². The summed E-state index contributed by atoms with van der Waals surface area (Å²) in [6.45, 7) is 8.74. The molecule has 0 N–H and O–H groups in total. The van der Waals surface area contributed by atoms with E-state index in [2.05, 4.69) is 34.9 Å². The van der Waals surface area contributed by atoms with Crippen molar-refractivity contribution in [3.05, 3.63) is 30.1 Å². The maximum atomic E-state index is 11.5. The first-order chi connectivity index (χ1) is 9.41. The summed E-state index contributed by atoms with van der Waals surface area (Å²) in [6, 6.07) is 3.41.